The predicted octanol–water partition coefficient (Wildman–Crippen LogP) is -0.301. The summed E-state index contributed by atoms with van der Waals surface area (Å²) in [5, 5.41) is 0. The molecule has 3 N–H and O–H groups in total. The Morgan fingerprint density at radius 2 is 2.00 bits per heavy atom. The molecule has 1 fully saturated rings. The van der Waals surface area contributed by atoms with Gasteiger partial charge in [-0.15, -0.1) is 0 Å². The molecule has 0 aliphatic carbocycles. The Balaban J connectivity index is 2.27. The summed E-state index contributed by atoms with van der Waals surface area (Å²) in [5.41, 5.74) is 2.11. The lowest BCUT2D eigenvalue weighted by molar-refractivity contribution is -0.131. The van der Waals surface area contributed by atoms with Crippen molar-refractivity contribution >= 4 is 11.8 Å². The minimum atomic E-state index is -0.166. The number of nitrogens with two attached hydrogens (primary N) is 1. The van der Waals surface area contributed by atoms with Gasteiger partial charge in [-0.1, -0.05) is 0 Å². The Hall–Kier alpha value is -1.14. The van der Waals surface area contributed by atoms with Crippen molar-refractivity contribution in [3.63, 3.8) is 0 Å². The fourth-order valence-corrected chi connectivity index (χ4v) is 2.07. The van der Waals surface area contributed by atoms with Gasteiger partial charge < -0.3 is 4.90 Å². The molecule has 0 radical (unpaired) electrons. The third-order valence-electron chi connectivity index (χ3n) is 3.55. The van der Waals surface area contributed by atoms with Crippen LogP contribution < -0.4 is 11.3 Å². The van der Waals surface area contributed by atoms with Gasteiger partial charge >= 0.3 is 0 Å². The van der Waals surface area contributed by atoms with Gasteiger partial charge in [0.05, 0.1) is 6.54 Å². The molecule has 2 amide bonds. The van der Waals surface area contributed by atoms with E-state index in [9.17, 15) is 9.59 Å². The van der Waals surface area contributed by atoms with Crippen LogP contribution in [0.25, 0.3) is 0 Å². The lowest BCUT2D eigenvalue weighted by Gasteiger charge is -2.26. The molecular formula is C12H24N4O2. The summed E-state index contributed by atoms with van der Waals surface area (Å²) in [6.07, 6.45) is 3.32. The molecule has 1 heterocycles. The van der Waals surface area contributed by atoms with Crippen molar-refractivity contribution in [3.8, 4) is 0 Å². The van der Waals surface area contributed by atoms with Crippen LogP contribution in [0.4, 0.5) is 0 Å². The number of likely N-dealkylation sites (tertiary alicyclic amines) is 1. The molecule has 1 aliphatic heterocycles. The van der Waals surface area contributed by atoms with E-state index in [1.807, 2.05) is 23.8 Å². The second kappa shape index (κ2) is 7.33. The molecule has 0 aromatic rings. The van der Waals surface area contributed by atoms with E-state index in [0.29, 0.717) is 19.4 Å². The number of rotatable bonds is 6. The van der Waals surface area contributed by atoms with Crippen LogP contribution in [0.3, 0.4) is 0 Å². The average Bonchev–Trinajstić information content (AvgIpc) is 2.89. The molecule has 0 aromatic heterocycles. The first-order valence-electron chi connectivity index (χ1n) is 6.52. The predicted molar refractivity (Wildman–Crippen MR) is 69.5 cm³/mol. The second-order valence-electron chi connectivity index (χ2n) is 4.96. The number of amides is 2. The molecule has 0 bridgehead atoms. The van der Waals surface area contributed by atoms with Gasteiger partial charge in [0.15, 0.2) is 0 Å². The first-order chi connectivity index (χ1) is 8.54. The zero-order chi connectivity index (χ0) is 13.5. The van der Waals surface area contributed by atoms with Crippen LogP contribution in [0.2, 0.25) is 0 Å². The third kappa shape index (κ3) is 4.62. The molecule has 1 rings (SSSR count). The number of nitrogens with one attached hydrogen (secondary N) is 1. The highest BCUT2D eigenvalue weighted by atomic mass is 16.2. The summed E-state index contributed by atoms with van der Waals surface area (Å²) in [6, 6.07) is 0.189. The first kappa shape index (κ1) is 14.9. The van der Waals surface area contributed by atoms with Gasteiger partial charge in [-0.2, -0.15) is 0 Å². The molecule has 6 nitrogen and oxygen atoms in total. The maximum Gasteiger partial charge on any atom is 0.236 e. The molecule has 18 heavy (non-hydrogen) atoms. The second-order valence-corrected chi connectivity index (χ2v) is 4.96. The van der Waals surface area contributed by atoms with E-state index < -0.39 is 0 Å². The molecule has 1 aliphatic rings. The number of nitrogens with zero attached hydrogens (tertiary/aromatic N) is 2. The summed E-state index contributed by atoms with van der Waals surface area (Å²) in [6.45, 7) is 4.21. The van der Waals surface area contributed by atoms with E-state index in [2.05, 4.69) is 5.43 Å². The Morgan fingerprint density at radius 3 is 2.56 bits per heavy atom. The summed E-state index contributed by atoms with van der Waals surface area (Å²) in [4.78, 5) is 26.9. The fraction of sp³-hybridized carbons (Fsp3) is 0.833. The average molecular weight is 256 g/mol. The smallest absolute Gasteiger partial charge is 0.236 e. The molecule has 1 unspecified atom stereocenters. The van der Waals surface area contributed by atoms with Crippen LogP contribution in [0.15, 0.2) is 0 Å². The van der Waals surface area contributed by atoms with Crippen LogP contribution in [0.1, 0.15) is 32.6 Å². The van der Waals surface area contributed by atoms with Crippen molar-refractivity contribution in [1.82, 2.24) is 15.2 Å². The maximum absolute atomic E-state index is 11.9. The summed E-state index contributed by atoms with van der Waals surface area (Å²) >= 11 is 0. The van der Waals surface area contributed by atoms with Crippen molar-refractivity contribution in [1.29, 1.82) is 0 Å². The number of likely N-dealkylation sites (N-methyl/N-ethyl adjacent to an activating group) is 1. The Labute approximate surface area is 108 Å². The van der Waals surface area contributed by atoms with Gasteiger partial charge in [-0.25, -0.2) is 5.84 Å². The van der Waals surface area contributed by atoms with E-state index in [0.717, 1.165) is 25.9 Å². The Morgan fingerprint density at radius 1 is 1.39 bits per heavy atom. The molecule has 0 saturated carbocycles. The molecule has 104 valence electrons. The highest BCUT2D eigenvalue weighted by molar-refractivity contribution is 5.78. The first-order valence-corrected chi connectivity index (χ1v) is 6.52. The van der Waals surface area contributed by atoms with Crippen LogP contribution >= 0.6 is 0 Å². The van der Waals surface area contributed by atoms with Gasteiger partial charge in [-0.05, 0) is 33.2 Å². The van der Waals surface area contributed by atoms with E-state index in [1.54, 1.807) is 0 Å². The summed E-state index contributed by atoms with van der Waals surface area (Å²) in [5.74, 6) is 5.04. The topological polar surface area (TPSA) is 78.7 Å². The molecule has 0 spiro atoms. The van der Waals surface area contributed by atoms with E-state index >= 15 is 0 Å². The van der Waals surface area contributed by atoms with E-state index in [-0.39, 0.29) is 17.9 Å². The van der Waals surface area contributed by atoms with Gasteiger partial charge in [0.2, 0.25) is 11.8 Å². The monoisotopic (exact) mass is 256 g/mol. The minimum Gasteiger partial charge on any atom is -0.342 e. The lowest BCUT2D eigenvalue weighted by Crippen LogP contribution is -2.41. The van der Waals surface area contributed by atoms with Gasteiger partial charge in [0.25, 0.3) is 0 Å². The Kier molecular flexibility index (Phi) is 6.07. The minimum absolute atomic E-state index is 0.166. The highest BCUT2D eigenvalue weighted by Crippen LogP contribution is 2.10. The van der Waals surface area contributed by atoms with E-state index in [4.69, 9.17) is 5.84 Å². The lowest BCUT2D eigenvalue weighted by atomic mass is 10.1. The standard InChI is InChI=1S/C12H24N4O2/c1-10(5-6-11(17)14-13)15(2)9-12(18)16-7-3-4-8-16/h10H,3-9,13H2,1-2H3,(H,14,17). The van der Waals surface area contributed by atoms with E-state index in [1.165, 1.54) is 0 Å². The number of hydrogen-bond acceptors (Lipinski definition) is 4. The maximum atomic E-state index is 11.9. The third-order valence-corrected chi connectivity index (χ3v) is 3.55. The quantitative estimate of drug-likeness (QED) is 0.388. The molecule has 0 aromatic carbocycles. The number of hydrazine groups is 1. The van der Waals surface area contributed by atoms with Crippen molar-refractivity contribution in [3.05, 3.63) is 0 Å². The highest BCUT2D eigenvalue weighted by Gasteiger charge is 2.21. The number of carbonyl (C=O) groups is 2. The van der Waals surface area contributed by atoms with Gasteiger partial charge in [0.1, 0.15) is 0 Å². The van der Waals surface area contributed by atoms with Crippen LogP contribution in [0.5, 0.6) is 0 Å². The van der Waals surface area contributed by atoms with Crippen LogP contribution in [0, 0.1) is 0 Å². The number of carbonyl (C=O) groups excluding carboxylic acids is 2. The zero-order valence-corrected chi connectivity index (χ0v) is 11.3. The normalized spacial score (nSPS) is 17.0. The van der Waals surface area contributed by atoms with Gasteiger partial charge in [0, 0.05) is 25.6 Å². The fourth-order valence-electron chi connectivity index (χ4n) is 2.07. The molecular weight excluding hydrogens is 232 g/mol. The van der Waals surface area contributed by atoms with Crippen molar-refractivity contribution in [2.75, 3.05) is 26.7 Å². The van der Waals surface area contributed by atoms with Crippen molar-refractivity contribution in [2.45, 2.75) is 38.6 Å². The molecule has 6 heteroatoms. The molecule has 1 saturated heterocycles. The largest absolute Gasteiger partial charge is 0.342 e. The summed E-state index contributed by atoms with van der Waals surface area (Å²) < 4.78 is 0. The van der Waals surface area contributed by atoms with Crippen molar-refractivity contribution in [2.24, 2.45) is 5.84 Å². The SMILES string of the molecule is CC(CCC(=O)NN)N(C)CC(=O)N1CCCC1. The van der Waals surface area contributed by atoms with Crippen LogP contribution in [-0.2, 0) is 9.59 Å². The van der Waals surface area contributed by atoms with Crippen molar-refractivity contribution < 1.29 is 9.59 Å². The van der Waals surface area contributed by atoms with Crippen LogP contribution in [-0.4, -0.2) is 54.3 Å². The van der Waals surface area contributed by atoms with Gasteiger partial charge in [-0.3, -0.25) is 19.9 Å². The molecule has 1 atom stereocenters. The number of hydrogen-bond donors (Lipinski definition) is 2. The summed E-state index contributed by atoms with van der Waals surface area (Å²) in [7, 11) is 1.92. The Bertz CT molecular complexity index is 290. The zero-order valence-electron chi connectivity index (χ0n) is 11.3.